The zero-order chi connectivity index (χ0) is 23.0. The minimum atomic E-state index is -0.533. The van der Waals surface area contributed by atoms with E-state index >= 15 is 0 Å². The molecule has 168 valence electrons. The molecule has 0 unspecified atom stereocenters. The van der Waals surface area contributed by atoms with Gasteiger partial charge in [-0.1, -0.05) is 12.1 Å². The zero-order valence-electron chi connectivity index (χ0n) is 19.2. The molecule has 0 N–H and O–H groups in total. The molecule has 0 bridgehead atoms. The number of benzene rings is 2. The van der Waals surface area contributed by atoms with Gasteiger partial charge in [-0.05, 0) is 75.1 Å². The fourth-order valence-electron chi connectivity index (χ4n) is 4.22. The molecule has 32 heavy (non-hydrogen) atoms. The van der Waals surface area contributed by atoms with Crippen LogP contribution in [0.3, 0.4) is 0 Å². The number of methoxy groups -OCH3 is 1. The first-order valence-corrected chi connectivity index (χ1v) is 11.0. The van der Waals surface area contributed by atoms with Crippen molar-refractivity contribution in [2.75, 3.05) is 20.3 Å². The number of carbonyl (C=O) groups is 1. The molecule has 0 saturated heterocycles. The second kappa shape index (κ2) is 8.79. The molecule has 0 radical (unpaired) electrons. The summed E-state index contributed by atoms with van der Waals surface area (Å²) in [7, 11) is 1.60. The van der Waals surface area contributed by atoms with E-state index in [4.69, 9.17) is 13.9 Å². The monoisotopic (exact) mass is 435 g/mol. The van der Waals surface area contributed by atoms with Crippen LogP contribution in [0.15, 0.2) is 45.6 Å². The van der Waals surface area contributed by atoms with E-state index in [1.54, 1.807) is 12.0 Å². The van der Waals surface area contributed by atoms with Crippen molar-refractivity contribution in [1.82, 2.24) is 4.90 Å². The minimum absolute atomic E-state index is 0.121. The topological polar surface area (TPSA) is 69.0 Å². The summed E-state index contributed by atoms with van der Waals surface area (Å²) in [6.07, 6.45) is 0.778. The minimum Gasteiger partial charge on any atom is -0.497 e. The summed E-state index contributed by atoms with van der Waals surface area (Å²) in [6.45, 7) is 8.87. The van der Waals surface area contributed by atoms with Gasteiger partial charge in [0.2, 0.25) is 5.76 Å². The van der Waals surface area contributed by atoms with E-state index in [2.05, 4.69) is 0 Å². The first-order valence-electron chi connectivity index (χ1n) is 11.0. The van der Waals surface area contributed by atoms with Crippen LogP contribution in [0.25, 0.3) is 11.0 Å². The third-order valence-electron chi connectivity index (χ3n) is 5.99. The molecule has 6 heteroatoms. The number of aryl methyl sites for hydroxylation is 2. The van der Waals surface area contributed by atoms with Crippen molar-refractivity contribution >= 4 is 16.9 Å². The molecule has 1 aromatic heterocycles. The molecule has 2 heterocycles. The van der Waals surface area contributed by atoms with Gasteiger partial charge >= 0.3 is 0 Å². The summed E-state index contributed by atoms with van der Waals surface area (Å²) in [5.41, 5.74) is 3.51. The predicted molar refractivity (Wildman–Crippen MR) is 124 cm³/mol. The lowest BCUT2D eigenvalue weighted by Gasteiger charge is -2.25. The van der Waals surface area contributed by atoms with Crippen molar-refractivity contribution in [3.8, 4) is 5.75 Å². The highest BCUT2D eigenvalue weighted by atomic mass is 16.5. The lowest BCUT2D eigenvalue weighted by molar-refractivity contribution is 0.0593. The standard InChI is InChI=1S/C26H29NO5/c1-15(2)31-11-7-10-27-23(18-8-6-9-19(14-18)30-5)22-24(28)20-12-16(3)17(4)13-21(20)32-25(22)26(27)29/h6,8-9,12-15,23H,7,10-11H2,1-5H3/t23-/m0/s1. The van der Waals surface area contributed by atoms with Crippen LogP contribution in [-0.2, 0) is 4.74 Å². The predicted octanol–water partition coefficient (Wildman–Crippen LogP) is 4.78. The molecular formula is C26H29NO5. The van der Waals surface area contributed by atoms with Crippen LogP contribution in [0, 0.1) is 13.8 Å². The Kier molecular flexibility index (Phi) is 6.07. The van der Waals surface area contributed by atoms with Crippen molar-refractivity contribution in [1.29, 1.82) is 0 Å². The molecule has 4 rings (SSSR count). The van der Waals surface area contributed by atoms with Crippen LogP contribution >= 0.6 is 0 Å². The molecule has 3 aromatic rings. The third kappa shape index (κ3) is 3.91. The van der Waals surface area contributed by atoms with Crippen molar-refractivity contribution in [3.63, 3.8) is 0 Å². The lowest BCUT2D eigenvalue weighted by Crippen LogP contribution is -2.31. The summed E-state index contributed by atoms with van der Waals surface area (Å²) >= 11 is 0. The number of carbonyl (C=O) groups excluding carboxylic acids is 1. The van der Waals surface area contributed by atoms with E-state index in [9.17, 15) is 9.59 Å². The van der Waals surface area contributed by atoms with Gasteiger partial charge < -0.3 is 18.8 Å². The maximum atomic E-state index is 13.6. The van der Waals surface area contributed by atoms with Crippen LogP contribution in [0.4, 0.5) is 0 Å². The highest BCUT2D eigenvalue weighted by Crippen LogP contribution is 2.39. The highest BCUT2D eigenvalue weighted by molar-refractivity contribution is 5.99. The maximum absolute atomic E-state index is 13.6. The third-order valence-corrected chi connectivity index (χ3v) is 5.99. The maximum Gasteiger partial charge on any atom is 0.290 e. The Morgan fingerprint density at radius 3 is 2.56 bits per heavy atom. The summed E-state index contributed by atoms with van der Waals surface area (Å²) in [5.74, 6) is 0.529. The average Bonchev–Trinajstić information content (AvgIpc) is 3.04. The summed E-state index contributed by atoms with van der Waals surface area (Å²) in [5, 5.41) is 0.498. The lowest BCUT2D eigenvalue weighted by atomic mass is 9.97. The molecule has 1 amide bonds. The van der Waals surface area contributed by atoms with Crippen molar-refractivity contribution in [2.24, 2.45) is 0 Å². The van der Waals surface area contributed by atoms with Gasteiger partial charge in [-0.2, -0.15) is 0 Å². The fourth-order valence-corrected chi connectivity index (χ4v) is 4.22. The van der Waals surface area contributed by atoms with E-state index in [-0.39, 0.29) is 23.2 Å². The Balaban J connectivity index is 1.85. The number of ether oxygens (including phenoxy) is 2. The molecule has 1 aliphatic heterocycles. The Bertz CT molecular complexity index is 1230. The molecule has 6 nitrogen and oxygen atoms in total. The molecule has 1 aliphatic rings. The van der Waals surface area contributed by atoms with Crippen LogP contribution in [0.2, 0.25) is 0 Å². The number of hydrogen-bond donors (Lipinski definition) is 0. The highest BCUT2D eigenvalue weighted by Gasteiger charge is 2.42. The molecular weight excluding hydrogens is 406 g/mol. The number of nitrogens with zero attached hydrogens (tertiary/aromatic N) is 1. The first-order chi connectivity index (χ1) is 15.3. The normalized spacial score (nSPS) is 15.6. The second-order valence-corrected chi connectivity index (χ2v) is 8.56. The Morgan fingerprint density at radius 2 is 1.84 bits per heavy atom. The van der Waals surface area contributed by atoms with Crippen molar-refractivity contribution in [3.05, 3.63) is 74.6 Å². The molecule has 0 fully saturated rings. The van der Waals surface area contributed by atoms with E-state index < -0.39 is 6.04 Å². The van der Waals surface area contributed by atoms with Crippen LogP contribution in [-0.4, -0.2) is 37.2 Å². The number of rotatable bonds is 7. The van der Waals surface area contributed by atoms with E-state index in [1.807, 2.05) is 64.1 Å². The molecule has 2 aromatic carbocycles. The first kappa shape index (κ1) is 22.1. The number of fused-ring (bicyclic) bond motifs is 2. The SMILES string of the molecule is COc1cccc([C@H]2c3c(oc4cc(C)c(C)cc4c3=O)C(=O)N2CCCOC(C)C)c1. The van der Waals surface area contributed by atoms with Crippen molar-refractivity contribution < 1.29 is 18.7 Å². The Hall–Kier alpha value is -3.12. The fraction of sp³-hybridized carbons (Fsp3) is 0.385. The van der Waals surface area contributed by atoms with Crippen LogP contribution in [0.1, 0.15) is 59.1 Å². The van der Waals surface area contributed by atoms with E-state index in [1.165, 1.54) is 0 Å². The smallest absolute Gasteiger partial charge is 0.290 e. The summed E-state index contributed by atoms with van der Waals surface area (Å²) in [4.78, 5) is 28.8. The molecule has 1 atom stereocenters. The second-order valence-electron chi connectivity index (χ2n) is 8.56. The van der Waals surface area contributed by atoms with Gasteiger partial charge in [0, 0.05) is 13.2 Å². The van der Waals surface area contributed by atoms with Crippen molar-refractivity contribution in [2.45, 2.75) is 46.3 Å². The molecule has 0 saturated carbocycles. The number of hydrogen-bond acceptors (Lipinski definition) is 5. The van der Waals surface area contributed by atoms with Gasteiger partial charge in [0.1, 0.15) is 11.3 Å². The largest absolute Gasteiger partial charge is 0.497 e. The van der Waals surface area contributed by atoms with Gasteiger partial charge in [-0.15, -0.1) is 0 Å². The zero-order valence-corrected chi connectivity index (χ0v) is 19.2. The van der Waals surface area contributed by atoms with Gasteiger partial charge in [-0.3, -0.25) is 9.59 Å². The number of amides is 1. The summed E-state index contributed by atoms with van der Waals surface area (Å²) < 4.78 is 17.1. The van der Waals surface area contributed by atoms with Gasteiger partial charge in [-0.25, -0.2) is 0 Å². The molecule has 0 spiro atoms. The van der Waals surface area contributed by atoms with Gasteiger partial charge in [0.15, 0.2) is 5.43 Å². The quantitative estimate of drug-likeness (QED) is 0.500. The average molecular weight is 436 g/mol. The Morgan fingerprint density at radius 1 is 1.09 bits per heavy atom. The van der Waals surface area contributed by atoms with E-state index in [0.717, 1.165) is 16.7 Å². The molecule has 0 aliphatic carbocycles. The van der Waals surface area contributed by atoms with Crippen LogP contribution < -0.4 is 10.2 Å². The van der Waals surface area contributed by atoms with Gasteiger partial charge in [0.25, 0.3) is 5.91 Å². The van der Waals surface area contributed by atoms with Gasteiger partial charge in [0.05, 0.1) is 30.2 Å². The van der Waals surface area contributed by atoms with Crippen LogP contribution in [0.5, 0.6) is 5.75 Å². The summed E-state index contributed by atoms with van der Waals surface area (Å²) in [6, 6.07) is 10.6. The Labute approximate surface area is 187 Å². The van der Waals surface area contributed by atoms with E-state index in [0.29, 0.717) is 41.9 Å².